The summed E-state index contributed by atoms with van der Waals surface area (Å²) in [5.74, 6) is 3.13. The van der Waals surface area contributed by atoms with Crippen LogP contribution in [0.15, 0.2) is 4.52 Å². The summed E-state index contributed by atoms with van der Waals surface area (Å²) in [6.07, 6.45) is 9.51. The maximum Gasteiger partial charge on any atom is 0.226 e. The van der Waals surface area contributed by atoms with Crippen LogP contribution in [0, 0.1) is 5.92 Å². The van der Waals surface area contributed by atoms with E-state index in [1.54, 1.807) is 0 Å². The number of rotatable bonds is 6. The Labute approximate surface area is 109 Å². The van der Waals surface area contributed by atoms with E-state index in [-0.39, 0.29) is 0 Å². The fourth-order valence-electron chi connectivity index (χ4n) is 2.91. The Balaban J connectivity index is 1.83. The molecular formula is C14H25N3O. The van der Waals surface area contributed by atoms with Crippen LogP contribution >= 0.6 is 0 Å². The number of hydrogen-bond acceptors (Lipinski definition) is 4. The van der Waals surface area contributed by atoms with Gasteiger partial charge in [-0.15, -0.1) is 0 Å². The molecule has 102 valence electrons. The van der Waals surface area contributed by atoms with E-state index in [1.165, 1.54) is 38.5 Å². The van der Waals surface area contributed by atoms with Gasteiger partial charge in [0.05, 0.1) is 0 Å². The average Bonchev–Trinajstić information content (AvgIpc) is 2.86. The highest BCUT2D eigenvalue weighted by molar-refractivity contribution is 4.97. The standard InChI is InChI=1S/C14H25N3O/c1-2-4-11-6-8-12(9-7-11)14-16-13(18-17-14)5-3-10-15/h11-12H,2-10,15H2,1H3. The first kappa shape index (κ1) is 13.5. The first-order valence-corrected chi connectivity index (χ1v) is 7.36. The van der Waals surface area contributed by atoms with Crippen LogP contribution < -0.4 is 5.73 Å². The van der Waals surface area contributed by atoms with Crippen LogP contribution in [-0.4, -0.2) is 16.7 Å². The van der Waals surface area contributed by atoms with Gasteiger partial charge in [-0.3, -0.25) is 0 Å². The molecule has 2 rings (SSSR count). The average molecular weight is 251 g/mol. The van der Waals surface area contributed by atoms with E-state index >= 15 is 0 Å². The Morgan fingerprint density at radius 3 is 2.72 bits per heavy atom. The predicted octanol–water partition coefficient (Wildman–Crippen LogP) is 3.03. The van der Waals surface area contributed by atoms with Gasteiger partial charge in [0, 0.05) is 12.3 Å². The number of nitrogens with two attached hydrogens (primary N) is 1. The van der Waals surface area contributed by atoms with Gasteiger partial charge < -0.3 is 10.3 Å². The van der Waals surface area contributed by atoms with Crippen LogP contribution in [0.3, 0.4) is 0 Å². The van der Waals surface area contributed by atoms with E-state index < -0.39 is 0 Å². The van der Waals surface area contributed by atoms with E-state index in [1.807, 2.05) is 0 Å². The number of aryl methyl sites for hydroxylation is 1. The summed E-state index contributed by atoms with van der Waals surface area (Å²) >= 11 is 0. The molecule has 1 aromatic rings. The molecule has 0 saturated heterocycles. The molecule has 0 amide bonds. The van der Waals surface area contributed by atoms with Crippen molar-refractivity contribution in [3.8, 4) is 0 Å². The van der Waals surface area contributed by atoms with Gasteiger partial charge in [0.15, 0.2) is 5.82 Å². The second kappa shape index (κ2) is 6.88. The van der Waals surface area contributed by atoms with E-state index in [0.29, 0.717) is 12.5 Å². The van der Waals surface area contributed by atoms with Gasteiger partial charge in [-0.1, -0.05) is 24.9 Å². The van der Waals surface area contributed by atoms with Crippen LogP contribution in [0.2, 0.25) is 0 Å². The number of aromatic nitrogens is 2. The summed E-state index contributed by atoms with van der Waals surface area (Å²) in [5, 5.41) is 4.14. The van der Waals surface area contributed by atoms with Crippen LogP contribution in [-0.2, 0) is 6.42 Å². The summed E-state index contributed by atoms with van der Waals surface area (Å²) < 4.78 is 5.28. The molecule has 1 fully saturated rings. The largest absolute Gasteiger partial charge is 0.339 e. The fourth-order valence-corrected chi connectivity index (χ4v) is 2.91. The van der Waals surface area contributed by atoms with E-state index in [9.17, 15) is 0 Å². The lowest BCUT2D eigenvalue weighted by molar-refractivity contribution is 0.294. The third-order valence-electron chi connectivity index (χ3n) is 3.99. The monoisotopic (exact) mass is 251 g/mol. The fraction of sp³-hybridized carbons (Fsp3) is 0.857. The smallest absolute Gasteiger partial charge is 0.226 e. The maximum absolute atomic E-state index is 5.48. The van der Waals surface area contributed by atoms with Crippen molar-refractivity contribution in [2.75, 3.05) is 6.54 Å². The normalized spacial score (nSPS) is 24.3. The van der Waals surface area contributed by atoms with Crippen molar-refractivity contribution in [2.24, 2.45) is 11.7 Å². The zero-order valence-corrected chi connectivity index (χ0v) is 11.4. The summed E-state index contributed by atoms with van der Waals surface area (Å²) in [4.78, 5) is 4.51. The Morgan fingerprint density at radius 1 is 1.28 bits per heavy atom. The minimum atomic E-state index is 0.522. The Hall–Kier alpha value is -0.900. The lowest BCUT2D eigenvalue weighted by atomic mass is 9.80. The third-order valence-corrected chi connectivity index (χ3v) is 3.99. The van der Waals surface area contributed by atoms with Crippen molar-refractivity contribution in [2.45, 2.75) is 64.2 Å². The molecular weight excluding hydrogens is 226 g/mol. The zero-order chi connectivity index (χ0) is 12.8. The SMILES string of the molecule is CCCC1CCC(c2noc(CCCN)n2)CC1. The molecule has 0 aromatic carbocycles. The second-order valence-electron chi connectivity index (χ2n) is 5.44. The van der Waals surface area contributed by atoms with Crippen molar-refractivity contribution < 1.29 is 4.52 Å². The Kier molecular flexibility index (Phi) is 5.17. The van der Waals surface area contributed by atoms with Crippen molar-refractivity contribution in [1.29, 1.82) is 0 Å². The van der Waals surface area contributed by atoms with Gasteiger partial charge in [0.25, 0.3) is 0 Å². The van der Waals surface area contributed by atoms with Gasteiger partial charge in [0.2, 0.25) is 5.89 Å². The molecule has 18 heavy (non-hydrogen) atoms. The van der Waals surface area contributed by atoms with Gasteiger partial charge in [-0.2, -0.15) is 4.98 Å². The minimum absolute atomic E-state index is 0.522. The molecule has 1 saturated carbocycles. The van der Waals surface area contributed by atoms with Crippen molar-refractivity contribution in [3.63, 3.8) is 0 Å². The number of nitrogens with zero attached hydrogens (tertiary/aromatic N) is 2. The van der Waals surface area contributed by atoms with Crippen LogP contribution in [0.1, 0.15) is 69.5 Å². The maximum atomic E-state index is 5.48. The molecule has 2 N–H and O–H groups in total. The Morgan fingerprint density at radius 2 is 2.06 bits per heavy atom. The first-order chi connectivity index (χ1) is 8.83. The highest BCUT2D eigenvalue weighted by Crippen LogP contribution is 2.36. The summed E-state index contributed by atoms with van der Waals surface area (Å²) in [6, 6.07) is 0. The van der Waals surface area contributed by atoms with Crippen molar-refractivity contribution >= 4 is 0 Å². The van der Waals surface area contributed by atoms with Crippen molar-refractivity contribution in [1.82, 2.24) is 10.1 Å². The van der Waals surface area contributed by atoms with E-state index in [4.69, 9.17) is 10.3 Å². The molecule has 4 heteroatoms. The third kappa shape index (κ3) is 3.55. The lowest BCUT2D eigenvalue weighted by Gasteiger charge is -2.26. The molecule has 4 nitrogen and oxygen atoms in total. The van der Waals surface area contributed by atoms with Crippen LogP contribution in [0.5, 0.6) is 0 Å². The van der Waals surface area contributed by atoms with E-state index in [0.717, 1.165) is 30.5 Å². The molecule has 1 aliphatic rings. The molecule has 1 aliphatic carbocycles. The molecule has 0 atom stereocenters. The first-order valence-electron chi connectivity index (χ1n) is 7.36. The van der Waals surface area contributed by atoms with Gasteiger partial charge in [-0.25, -0.2) is 0 Å². The zero-order valence-electron chi connectivity index (χ0n) is 11.4. The van der Waals surface area contributed by atoms with Gasteiger partial charge >= 0.3 is 0 Å². The molecule has 0 aliphatic heterocycles. The van der Waals surface area contributed by atoms with E-state index in [2.05, 4.69) is 17.1 Å². The highest BCUT2D eigenvalue weighted by Gasteiger charge is 2.25. The summed E-state index contributed by atoms with van der Waals surface area (Å²) in [5.41, 5.74) is 5.48. The quantitative estimate of drug-likeness (QED) is 0.844. The highest BCUT2D eigenvalue weighted by atomic mass is 16.5. The summed E-state index contributed by atoms with van der Waals surface area (Å²) in [6.45, 7) is 2.95. The van der Waals surface area contributed by atoms with Crippen LogP contribution in [0.25, 0.3) is 0 Å². The van der Waals surface area contributed by atoms with Crippen molar-refractivity contribution in [3.05, 3.63) is 11.7 Å². The minimum Gasteiger partial charge on any atom is -0.339 e. The molecule has 1 heterocycles. The topological polar surface area (TPSA) is 64.9 Å². The number of hydrogen-bond donors (Lipinski definition) is 1. The summed E-state index contributed by atoms with van der Waals surface area (Å²) in [7, 11) is 0. The van der Waals surface area contributed by atoms with Crippen LogP contribution in [0.4, 0.5) is 0 Å². The van der Waals surface area contributed by atoms with Gasteiger partial charge in [0.1, 0.15) is 0 Å². The predicted molar refractivity (Wildman–Crippen MR) is 71.3 cm³/mol. The molecule has 1 aromatic heterocycles. The Bertz CT molecular complexity index is 343. The van der Waals surface area contributed by atoms with Gasteiger partial charge in [-0.05, 0) is 44.6 Å². The molecule has 0 bridgehead atoms. The molecule has 0 unspecified atom stereocenters. The second-order valence-corrected chi connectivity index (χ2v) is 5.44. The lowest BCUT2D eigenvalue weighted by Crippen LogP contribution is -2.14. The molecule has 0 spiro atoms. The molecule has 0 radical (unpaired) electrons.